The molecule has 3 aliphatic rings. The largest absolute Gasteiger partial charge is 0.369 e. The maximum atomic E-state index is 13.1. The zero-order valence-electron chi connectivity index (χ0n) is 15.5. The van der Waals surface area contributed by atoms with Gasteiger partial charge in [-0.2, -0.15) is 0 Å². The van der Waals surface area contributed by atoms with E-state index in [1.54, 1.807) is 0 Å². The summed E-state index contributed by atoms with van der Waals surface area (Å²) in [4.78, 5) is 19.2. The molecule has 1 aliphatic heterocycles. The molecule has 2 N–H and O–H groups in total. The van der Waals surface area contributed by atoms with E-state index in [4.69, 9.17) is 5.73 Å². The van der Waals surface area contributed by atoms with Crippen LogP contribution in [0.1, 0.15) is 83.5 Å². The molecule has 2 saturated carbocycles. The fourth-order valence-corrected chi connectivity index (χ4v) is 5.17. The Balaban J connectivity index is 1.72. The van der Waals surface area contributed by atoms with Crippen molar-refractivity contribution in [3.63, 3.8) is 0 Å². The van der Waals surface area contributed by atoms with Crippen molar-refractivity contribution >= 4 is 11.9 Å². The molecule has 0 aromatic rings. The SMILES string of the molecule is NC1=N[C@](CCC2CCCCC2)(CC2CCCCC2)C(=O)N1CCF. The average Bonchev–Trinajstić information content (AvgIpc) is 2.87. The summed E-state index contributed by atoms with van der Waals surface area (Å²) in [5.74, 6) is 1.48. The summed E-state index contributed by atoms with van der Waals surface area (Å²) in [6.07, 6.45) is 15.4. The summed E-state index contributed by atoms with van der Waals surface area (Å²) in [6, 6.07) is 0. The van der Waals surface area contributed by atoms with Gasteiger partial charge in [0, 0.05) is 0 Å². The number of nitrogens with two attached hydrogens (primary N) is 1. The van der Waals surface area contributed by atoms with Crippen LogP contribution in [0.15, 0.2) is 4.99 Å². The number of halogens is 1. The van der Waals surface area contributed by atoms with E-state index in [0.717, 1.165) is 25.2 Å². The molecule has 1 heterocycles. The number of hydrogen-bond donors (Lipinski definition) is 1. The van der Waals surface area contributed by atoms with E-state index in [9.17, 15) is 9.18 Å². The highest BCUT2D eigenvalue weighted by Crippen LogP contribution is 2.40. The monoisotopic (exact) mass is 351 g/mol. The number of aliphatic imine (C=N–C) groups is 1. The van der Waals surface area contributed by atoms with E-state index in [2.05, 4.69) is 4.99 Å². The minimum atomic E-state index is -0.710. The molecule has 0 bridgehead atoms. The molecule has 1 amide bonds. The zero-order chi connectivity index (χ0) is 17.7. The van der Waals surface area contributed by atoms with Crippen LogP contribution < -0.4 is 5.73 Å². The van der Waals surface area contributed by atoms with Gasteiger partial charge in [0.25, 0.3) is 5.91 Å². The average molecular weight is 352 g/mol. The fourth-order valence-electron chi connectivity index (χ4n) is 5.17. The number of hydrogen-bond acceptors (Lipinski definition) is 3. The van der Waals surface area contributed by atoms with Crippen LogP contribution in [0.5, 0.6) is 0 Å². The first-order valence-corrected chi connectivity index (χ1v) is 10.4. The first kappa shape index (κ1) is 18.7. The van der Waals surface area contributed by atoms with Gasteiger partial charge in [-0.25, -0.2) is 9.38 Å². The third kappa shape index (κ3) is 4.35. The molecule has 0 radical (unpaired) electrons. The number of nitrogens with zero attached hydrogens (tertiary/aromatic N) is 2. The topological polar surface area (TPSA) is 58.7 Å². The lowest BCUT2D eigenvalue weighted by atomic mass is 9.75. The lowest BCUT2D eigenvalue weighted by Crippen LogP contribution is -2.46. The van der Waals surface area contributed by atoms with E-state index in [-0.39, 0.29) is 18.4 Å². The Morgan fingerprint density at radius 2 is 1.64 bits per heavy atom. The molecule has 142 valence electrons. The predicted molar refractivity (Wildman–Crippen MR) is 99.0 cm³/mol. The number of carbonyl (C=O) groups is 1. The second kappa shape index (κ2) is 8.50. The van der Waals surface area contributed by atoms with E-state index < -0.39 is 12.2 Å². The van der Waals surface area contributed by atoms with Crippen molar-refractivity contribution in [1.82, 2.24) is 4.90 Å². The fraction of sp³-hybridized carbons (Fsp3) is 0.900. The molecule has 1 atom stereocenters. The van der Waals surface area contributed by atoms with Crippen LogP contribution in [0.4, 0.5) is 4.39 Å². The van der Waals surface area contributed by atoms with Gasteiger partial charge in [0.2, 0.25) is 0 Å². The Morgan fingerprint density at radius 1 is 1.04 bits per heavy atom. The molecule has 2 aliphatic carbocycles. The Bertz CT molecular complexity index is 483. The van der Waals surface area contributed by atoms with Crippen molar-refractivity contribution < 1.29 is 9.18 Å². The molecule has 25 heavy (non-hydrogen) atoms. The Labute approximate surface area is 151 Å². The molecular weight excluding hydrogens is 317 g/mol. The number of amides is 1. The van der Waals surface area contributed by atoms with Gasteiger partial charge in [-0.3, -0.25) is 9.69 Å². The van der Waals surface area contributed by atoms with Crippen LogP contribution in [0, 0.1) is 11.8 Å². The molecule has 0 spiro atoms. The molecule has 0 unspecified atom stereocenters. The maximum Gasteiger partial charge on any atom is 0.257 e. The first-order chi connectivity index (χ1) is 12.1. The minimum Gasteiger partial charge on any atom is -0.369 e. The Hall–Kier alpha value is -1.13. The smallest absolute Gasteiger partial charge is 0.257 e. The van der Waals surface area contributed by atoms with Gasteiger partial charge in [0.1, 0.15) is 12.2 Å². The van der Waals surface area contributed by atoms with E-state index in [1.165, 1.54) is 69.1 Å². The Kier molecular flexibility index (Phi) is 6.34. The summed E-state index contributed by atoms with van der Waals surface area (Å²) in [5.41, 5.74) is 5.32. The lowest BCUT2D eigenvalue weighted by Gasteiger charge is -2.33. The number of carbonyl (C=O) groups excluding carboxylic acids is 1. The zero-order valence-corrected chi connectivity index (χ0v) is 15.5. The second-order valence-electron chi connectivity index (χ2n) is 8.40. The number of rotatable bonds is 7. The quantitative estimate of drug-likeness (QED) is 0.748. The van der Waals surface area contributed by atoms with Crippen LogP contribution in [0.3, 0.4) is 0 Å². The third-order valence-electron chi connectivity index (χ3n) is 6.60. The van der Waals surface area contributed by atoms with Crippen LogP contribution in [0.25, 0.3) is 0 Å². The summed E-state index contributed by atoms with van der Waals surface area (Å²) in [7, 11) is 0. The standard InChI is InChI=1S/C20H34FN3O/c21-13-14-24-18(25)20(23-19(24)22,15-17-9-5-2-6-10-17)12-11-16-7-3-1-4-8-16/h16-17H,1-15H2,(H2,22,23)/t20-/m1/s1. The van der Waals surface area contributed by atoms with Gasteiger partial charge in [-0.15, -0.1) is 0 Å². The third-order valence-corrected chi connectivity index (χ3v) is 6.60. The highest BCUT2D eigenvalue weighted by molar-refractivity contribution is 6.06. The van der Waals surface area contributed by atoms with Gasteiger partial charge in [-0.05, 0) is 31.1 Å². The summed E-state index contributed by atoms with van der Waals surface area (Å²) in [5, 5.41) is 0. The number of guanidine groups is 1. The first-order valence-electron chi connectivity index (χ1n) is 10.4. The minimum absolute atomic E-state index is 0.0379. The normalized spacial score (nSPS) is 29.2. The highest BCUT2D eigenvalue weighted by atomic mass is 19.1. The van der Waals surface area contributed by atoms with Gasteiger partial charge in [-0.1, -0.05) is 64.2 Å². The van der Waals surface area contributed by atoms with Gasteiger partial charge < -0.3 is 5.73 Å². The highest BCUT2D eigenvalue weighted by Gasteiger charge is 2.48. The molecule has 0 aromatic carbocycles. The van der Waals surface area contributed by atoms with E-state index >= 15 is 0 Å². The molecule has 5 heteroatoms. The van der Waals surface area contributed by atoms with Gasteiger partial charge in [0.15, 0.2) is 5.96 Å². The molecule has 3 rings (SSSR count). The van der Waals surface area contributed by atoms with Crippen LogP contribution >= 0.6 is 0 Å². The summed E-state index contributed by atoms with van der Waals surface area (Å²) >= 11 is 0. The maximum absolute atomic E-state index is 13.1. The molecule has 0 saturated heterocycles. The van der Waals surface area contributed by atoms with E-state index in [1.807, 2.05) is 0 Å². The molecule has 0 aromatic heterocycles. The van der Waals surface area contributed by atoms with Crippen LogP contribution in [-0.4, -0.2) is 35.5 Å². The van der Waals surface area contributed by atoms with Crippen molar-refractivity contribution in [2.45, 2.75) is 89.0 Å². The Morgan fingerprint density at radius 3 is 2.24 bits per heavy atom. The van der Waals surface area contributed by atoms with Crippen molar-refractivity contribution in [3.05, 3.63) is 0 Å². The lowest BCUT2D eigenvalue weighted by molar-refractivity contribution is -0.132. The van der Waals surface area contributed by atoms with Crippen molar-refractivity contribution in [1.29, 1.82) is 0 Å². The van der Waals surface area contributed by atoms with E-state index in [0.29, 0.717) is 5.92 Å². The number of alkyl halides is 1. The van der Waals surface area contributed by atoms with Crippen molar-refractivity contribution in [2.24, 2.45) is 22.6 Å². The second-order valence-corrected chi connectivity index (χ2v) is 8.40. The summed E-state index contributed by atoms with van der Waals surface area (Å²) in [6.45, 7) is -0.520. The van der Waals surface area contributed by atoms with Gasteiger partial charge >= 0.3 is 0 Å². The molecule has 4 nitrogen and oxygen atoms in total. The van der Waals surface area contributed by atoms with Crippen LogP contribution in [0.2, 0.25) is 0 Å². The van der Waals surface area contributed by atoms with Crippen molar-refractivity contribution in [3.8, 4) is 0 Å². The predicted octanol–water partition coefficient (Wildman–Crippen LogP) is 4.18. The molecule has 2 fully saturated rings. The van der Waals surface area contributed by atoms with Crippen LogP contribution in [-0.2, 0) is 4.79 Å². The summed E-state index contributed by atoms with van der Waals surface area (Å²) < 4.78 is 12.9. The van der Waals surface area contributed by atoms with Crippen molar-refractivity contribution in [2.75, 3.05) is 13.2 Å². The molecular formula is C20H34FN3O. The van der Waals surface area contributed by atoms with Gasteiger partial charge in [0.05, 0.1) is 6.54 Å².